The summed E-state index contributed by atoms with van der Waals surface area (Å²) in [6.45, 7) is 5.54. The molecule has 1 unspecified atom stereocenters. The van der Waals surface area contributed by atoms with Gasteiger partial charge in [0.05, 0.1) is 24.8 Å². The number of hydrogen-bond donors (Lipinski definition) is 3. The zero-order valence-corrected chi connectivity index (χ0v) is 25.9. The van der Waals surface area contributed by atoms with Gasteiger partial charge >= 0.3 is 0 Å². The van der Waals surface area contributed by atoms with Crippen LogP contribution in [-0.4, -0.2) is 71.3 Å². The number of rotatable bonds is 10. The highest BCUT2D eigenvalue weighted by Gasteiger charge is 2.65. The monoisotopic (exact) mass is 611 g/mol. The maximum atomic E-state index is 16.5. The van der Waals surface area contributed by atoms with Crippen molar-refractivity contribution in [2.75, 3.05) is 33.9 Å². The van der Waals surface area contributed by atoms with Crippen LogP contribution in [0.15, 0.2) is 16.2 Å². The lowest BCUT2D eigenvalue weighted by atomic mass is 9.57. The topological polar surface area (TPSA) is 134 Å². The number of fused-ring (bicyclic) bond motifs is 4. The molecule has 44 heavy (non-hydrogen) atoms. The number of nitrogens with zero attached hydrogens (tertiary/aromatic N) is 2. The molecule has 2 fully saturated rings. The Morgan fingerprint density at radius 2 is 1.89 bits per heavy atom. The zero-order chi connectivity index (χ0) is 31.3. The summed E-state index contributed by atoms with van der Waals surface area (Å²) in [6, 6.07) is 0.793. The van der Waals surface area contributed by atoms with Gasteiger partial charge in [0.25, 0.3) is 5.88 Å². The van der Waals surface area contributed by atoms with E-state index in [1.165, 1.54) is 0 Å². The molecule has 3 N–H and O–H groups in total. The third kappa shape index (κ3) is 4.58. The molecule has 1 aromatic carbocycles. The fourth-order valence-corrected chi connectivity index (χ4v) is 7.64. The second kappa shape index (κ2) is 11.9. The van der Waals surface area contributed by atoms with Crippen molar-refractivity contribution in [3.05, 3.63) is 45.5 Å². The minimum Gasteiger partial charge on any atom is -0.507 e. The lowest BCUT2D eigenvalue weighted by Crippen LogP contribution is -2.63. The third-order valence-corrected chi connectivity index (χ3v) is 10.00. The lowest BCUT2D eigenvalue weighted by Gasteiger charge is -2.48. The van der Waals surface area contributed by atoms with E-state index < -0.39 is 46.6 Å². The highest BCUT2D eigenvalue weighted by Crippen LogP contribution is 2.55. The number of Topliss-reactive ketones (excluding diaryl/α,β-unsaturated/α-hetero) is 2. The van der Waals surface area contributed by atoms with Crippen molar-refractivity contribution in [1.29, 1.82) is 0 Å². The van der Waals surface area contributed by atoms with E-state index in [-0.39, 0.29) is 47.2 Å². The highest BCUT2D eigenvalue weighted by molar-refractivity contribution is 6.26. The Balaban J connectivity index is 1.47. The molecule has 2 heterocycles. The summed E-state index contributed by atoms with van der Waals surface area (Å²) in [4.78, 5) is 30.5. The Bertz CT molecular complexity index is 1500. The molecule has 3 aliphatic carbocycles. The Morgan fingerprint density at radius 3 is 2.55 bits per heavy atom. The number of aliphatic hydroxyl groups excluding tert-OH is 1. The molecule has 0 spiro atoms. The number of likely N-dealkylation sites (tertiary alicyclic amines) is 1. The first-order chi connectivity index (χ1) is 21.2. The maximum Gasteiger partial charge on any atom is 0.265 e. The van der Waals surface area contributed by atoms with Crippen LogP contribution in [0, 0.1) is 17.7 Å². The Morgan fingerprint density at radius 1 is 1.16 bits per heavy atom. The molecular formula is C33H42FN3O7. The van der Waals surface area contributed by atoms with E-state index >= 15 is 4.39 Å². The largest absolute Gasteiger partial charge is 0.507 e. The molecule has 11 heteroatoms. The molecule has 238 valence electrons. The first-order valence-electron chi connectivity index (χ1n) is 15.9. The molecule has 0 bridgehead atoms. The number of carbonyl (C=O) groups is 2. The lowest BCUT2D eigenvalue weighted by molar-refractivity contribution is -0.140. The normalized spacial score (nSPS) is 28.0. The molecular weight excluding hydrogens is 569 g/mol. The van der Waals surface area contributed by atoms with Crippen LogP contribution >= 0.6 is 0 Å². The summed E-state index contributed by atoms with van der Waals surface area (Å²) in [5.41, 5.74) is -1.68. The first-order valence-corrected chi connectivity index (χ1v) is 15.9. The maximum absolute atomic E-state index is 16.5. The number of halogens is 1. The van der Waals surface area contributed by atoms with E-state index in [1.54, 1.807) is 13.1 Å². The molecule has 1 aliphatic heterocycles. The van der Waals surface area contributed by atoms with Gasteiger partial charge in [-0.2, -0.15) is 0 Å². The van der Waals surface area contributed by atoms with Gasteiger partial charge in [0.15, 0.2) is 11.4 Å². The number of carbonyl (C=O) groups excluding carboxylic acids is 2. The third-order valence-electron chi connectivity index (χ3n) is 10.00. The standard InChI is InChI=1S/C33H42FN3O7/c1-5-7-12-42-22-16-18(21-10-9-11-37(21)4)26(34)19-14-17-15-20-27(35-3)29-25(32(36-44-29)43-13-8-6-2)31(40)33(20,41)30(39)23(17)28(38)24(19)22/h16-17,20-21,27,35,38,41H,5-15H2,1-4H3/t17-,20-,21?,27-,33-/m0/s1. The number of ketones is 2. The predicted octanol–water partition coefficient (Wildman–Crippen LogP) is 4.86. The SMILES string of the molecule is CCCCOc1cc(C2CCCN2C)c(F)c2c1C(O)=C1C(=O)[C@]3(O)C(=O)c4c(OCCCC)noc4[C@@H](NC)[C@@H]3C[C@@H]1C2. The van der Waals surface area contributed by atoms with Crippen LogP contribution in [0.1, 0.15) is 104 Å². The molecule has 1 saturated carbocycles. The molecule has 6 rings (SSSR count). The Hall–Kier alpha value is -3.28. The van der Waals surface area contributed by atoms with Crippen molar-refractivity contribution in [2.45, 2.75) is 82.9 Å². The molecule has 2 aromatic rings. The second-order valence-corrected chi connectivity index (χ2v) is 12.6. The first kappa shape index (κ1) is 30.7. The summed E-state index contributed by atoms with van der Waals surface area (Å²) < 4.78 is 33.9. The van der Waals surface area contributed by atoms with Crippen molar-refractivity contribution in [3.8, 4) is 11.6 Å². The molecule has 4 aliphatic rings. The van der Waals surface area contributed by atoms with Crippen LogP contribution in [0.25, 0.3) is 5.76 Å². The van der Waals surface area contributed by atoms with E-state index in [1.807, 2.05) is 20.9 Å². The van der Waals surface area contributed by atoms with E-state index in [0.29, 0.717) is 30.1 Å². The van der Waals surface area contributed by atoms with Crippen LogP contribution in [0.2, 0.25) is 0 Å². The number of nitrogens with one attached hydrogen (secondary N) is 1. The van der Waals surface area contributed by atoms with Crippen LogP contribution in [-0.2, 0) is 11.2 Å². The summed E-state index contributed by atoms with van der Waals surface area (Å²) in [6.07, 6.45) is 5.22. The molecule has 1 saturated heterocycles. The van der Waals surface area contributed by atoms with E-state index in [2.05, 4.69) is 15.4 Å². The van der Waals surface area contributed by atoms with Crippen molar-refractivity contribution >= 4 is 17.3 Å². The van der Waals surface area contributed by atoms with Crippen molar-refractivity contribution in [1.82, 2.24) is 15.4 Å². The smallest absolute Gasteiger partial charge is 0.265 e. The molecule has 0 amide bonds. The highest BCUT2D eigenvalue weighted by atomic mass is 19.1. The summed E-state index contributed by atoms with van der Waals surface area (Å²) >= 11 is 0. The van der Waals surface area contributed by atoms with Crippen molar-refractivity contribution in [3.63, 3.8) is 0 Å². The van der Waals surface area contributed by atoms with E-state index in [4.69, 9.17) is 14.0 Å². The van der Waals surface area contributed by atoms with Gasteiger partial charge in [-0.05, 0) is 76.3 Å². The van der Waals surface area contributed by atoms with Crippen molar-refractivity contribution < 1.29 is 38.2 Å². The quantitative estimate of drug-likeness (QED) is 0.253. The minimum atomic E-state index is -2.50. The number of aliphatic hydroxyl groups is 2. The van der Waals surface area contributed by atoms with Gasteiger partial charge < -0.3 is 29.5 Å². The van der Waals surface area contributed by atoms with Gasteiger partial charge in [0.1, 0.15) is 22.9 Å². The fraction of sp³-hybridized carbons (Fsp3) is 0.606. The molecule has 1 aromatic heterocycles. The van der Waals surface area contributed by atoms with Gasteiger partial charge in [-0.1, -0.05) is 26.7 Å². The summed E-state index contributed by atoms with van der Waals surface area (Å²) in [5, 5.41) is 30.9. The predicted molar refractivity (Wildman–Crippen MR) is 159 cm³/mol. The van der Waals surface area contributed by atoms with Gasteiger partial charge in [0.2, 0.25) is 11.6 Å². The van der Waals surface area contributed by atoms with Gasteiger partial charge in [-0.25, -0.2) is 4.39 Å². The number of hydrogen-bond acceptors (Lipinski definition) is 10. The van der Waals surface area contributed by atoms with Gasteiger partial charge in [-0.3, -0.25) is 14.5 Å². The molecule has 10 nitrogen and oxygen atoms in total. The van der Waals surface area contributed by atoms with Crippen LogP contribution in [0.5, 0.6) is 11.6 Å². The zero-order valence-electron chi connectivity index (χ0n) is 25.9. The van der Waals surface area contributed by atoms with Crippen LogP contribution in [0.3, 0.4) is 0 Å². The molecule has 5 atom stereocenters. The average Bonchev–Trinajstić information content (AvgIpc) is 3.63. The van der Waals surface area contributed by atoms with Gasteiger partial charge in [-0.15, -0.1) is 0 Å². The Kier molecular flexibility index (Phi) is 8.32. The number of ether oxygens (including phenoxy) is 2. The summed E-state index contributed by atoms with van der Waals surface area (Å²) in [7, 11) is 3.62. The number of aromatic nitrogens is 1. The number of benzene rings is 1. The van der Waals surface area contributed by atoms with Crippen LogP contribution in [0.4, 0.5) is 4.39 Å². The van der Waals surface area contributed by atoms with Gasteiger partial charge in [0, 0.05) is 28.7 Å². The number of unbranched alkanes of at least 4 members (excludes halogenated alkanes) is 2. The second-order valence-electron chi connectivity index (χ2n) is 12.6. The van der Waals surface area contributed by atoms with Crippen LogP contribution < -0.4 is 14.8 Å². The van der Waals surface area contributed by atoms with E-state index in [9.17, 15) is 19.8 Å². The molecule has 0 radical (unpaired) electrons. The average molecular weight is 612 g/mol. The fourth-order valence-electron chi connectivity index (χ4n) is 7.64. The van der Waals surface area contributed by atoms with E-state index in [0.717, 1.165) is 45.1 Å². The minimum absolute atomic E-state index is 0.0641. The Labute approximate surface area is 256 Å². The summed E-state index contributed by atoms with van der Waals surface area (Å²) in [5.74, 6) is -3.73. The van der Waals surface area contributed by atoms with Crippen molar-refractivity contribution in [2.24, 2.45) is 11.8 Å².